The van der Waals surface area contributed by atoms with Crippen molar-refractivity contribution in [3.05, 3.63) is 29.8 Å². The zero-order chi connectivity index (χ0) is 18.8. The summed E-state index contributed by atoms with van der Waals surface area (Å²) >= 11 is 0. The summed E-state index contributed by atoms with van der Waals surface area (Å²) in [6.07, 6.45) is -3.27. The molecule has 0 N–H and O–H groups in total. The van der Waals surface area contributed by atoms with Crippen molar-refractivity contribution in [3.63, 3.8) is 0 Å². The number of amides is 1. The van der Waals surface area contributed by atoms with Crippen LogP contribution in [0.4, 0.5) is 9.18 Å². The van der Waals surface area contributed by atoms with Crippen LogP contribution in [0.1, 0.15) is 32.8 Å². The van der Waals surface area contributed by atoms with Crippen LogP contribution in [0.25, 0.3) is 0 Å². The Kier molecular flexibility index (Phi) is 5.73. The van der Waals surface area contributed by atoms with Crippen molar-refractivity contribution >= 4 is 16.2 Å². The van der Waals surface area contributed by atoms with E-state index in [4.69, 9.17) is 8.92 Å². The van der Waals surface area contributed by atoms with E-state index in [2.05, 4.69) is 0 Å². The van der Waals surface area contributed by atoms with Crippen LogP contribution >= 0.6 is 0 Å². The second kappa shape index (κ2) is 7.29. The molecule has 1 aliphatic heterocycles. The van der Waals surface area contributed by atoms with Gasteiger partial charge in [-0.15, -0.1) is 0 Å². The van der Waals surface area contributed by atoms with Gasteiger partial charge in [0.25, 0.3) is 10.1 Å². The molecule has 8 heteroatoms. The summed E-state index contributed by atoms with van der Waals surface area (Å²) < 4.78 is 49.2. The third-order valence-electron chi connectivity index (χ3n) is 3.69. The van der Waals surface area contributed by atoms with Gasteiger partial charge in [-0.25, -0.2) is 9.18 Å². The Hall–Kier alpha value is -1.67. The summed E-state index contributed by atoms with van der Waals surface area (Å²) in [4.78, 5) is 13.2. The first-order chi connectivity index (χ1) is 11.5. The number of hydrogen-bond donors (Lipinski definition) is 0. The van der Waals surface area contributed by atoms with Gasteiger partial charge in [-0.05, 0) is 46.2 Å². The summed E-state index contributed by atoms with van der Waals surface area (Å²) in [5, 5.41) is 0. The van der Waals surface area contributed by atoms with E-state index in [0.29, 0.717) is 0 Å². The topological polar surface area (TPSA) is 72.9 Å². The van der Waals surface area contributed by atoms with Gasteiger partial charge in [0.05, 0.1) is 11.4 Å². The van der Waals surface area contributed by atoms with E-state index in [9.17, 15) is 17.6 Å². The number of aryl methyl sites for hydroxylation is 1. The number of rotatable bonds is 3. The number of benzene rings is 1. The number of carbonyl (C=O) groups is 1. The first-order valence-electron chi connectivity index (χ1n) is 8.10. The Morgan fingerprint density at radius 2 is 1.84 bits per heavy atom. The second-order valence-electron chi connectivity index (χ2n) is 7.13. The SMILES string of the molecule is Cc1ccc(S(=O)(=O)O[C@H]2CCN(C(=O)OC(C)(C)C)C[C@H]2F)cc1. The molecule has 1 fully saturated rings. The largest absolute Gasteiger partial charge is 0.444 e. The molecule has 1 saturated heterocycles. The van der Waals surface area contributed by atoms with Gasteiger partial charge in [0, 0.05) is 6.54 Å². The number of carbonyl (C=O) groups excluding carboxylic acids is 1. The van der Waals surface area contributed by atoms with Crippen LogP contribution in [0, 0.1) is 6.92 Å². The molecule has 6 nitrogen and oxygen atoms in total. The summed E-state index contributed by atoms with van der Waals surface area (Å²) in [5.41, 5.74) is 0.235. The Bertz CT molecular complexity index is 712. The number of piperidine rings is 1. The maximum absolute atomic E-state index is 14.4. The fourth-order valence-electron chi connectivity index (χ4n) is 2.41. The van der Waals surface area contributed by atoms with E-state index in [-0.39, 0.29) is 24.4 Å². The van der Waals surface area contributed by atoms with Crippen molar-refractivity contribution < 1.29 is 26.5 Å². The highest BCUT2D eigenvalue weighted by Crippen LogP contribution is 2.24. The van der Waals surface area contributed by atoms with Crippen molar-refractivity contribution in [1.29, 1.82) is 0 Å². The Morgan fingerprint density at radius 3 is 2.36 bits per heavy atom. The maximum atomic E-state index is 14.4. The fraction of sp³-hybridized carbons (Fsp3) is 0.588. The van der Waals surface area contributed by atoms with Crippen LogP contribution < -0.4 is 0 Å². The molecule has 2 rings (SSSR count). The predicted molar refractivity (Wildman–Crippen MR) is 90.6 cm³/mol. The van der Waals surface area contributed by atoms with Gasteiger partial charge in [0.1, 0.15) is 17.9 Å². The molecule has 0 aliphatic carbocycles. The molecular formula is C17H24FNO5S. The molecule has 25 heavy (non-hydrogen) atoms. The van der Waals surface area contributed by atoms with Crippen LogP contribution in [0.3, 0.4) is 0 Å². The minimum absolute atomic E-state index is 0.0140. The molecule has 1 heterocycles. The van der Waals surface area contributed by atoms with E-state index < -0.39 is 34.1 Å². The molecule has 0 unspecified atom stereocenters. The highest BCUT2D eigenvalue weighted by Gasteiger charge is 2.37. The average molecular weight is 373 g/mol. The van der Waals surface area contributed by atoms with Crippen LogP contribution in [0.2, 0.25) is 0 Å². The summed E-state index contributed by atoms with van der Waals surface area (Å²) in [5.74, 6) is 0. The van der Waals surface area contributed by atoms with Crippen molar-refractivity contribution in [1.82, 2.24) is 4.90 Å². The fourth-order valence-corrected chi connectivity index (χ4v) is 3.53. The van der Waals surface area contributed by atoms with E-state index in [0.717, 1.165) is 5.56 Å². The quantitative estimate of drug-likeness (QED) is 0.762. The number of halogens is 1. The molecule has 0 spiro atoms. The zero-order valence-corrected chi connectivity index (χ0v) is 15.7. The van der Waals surface area contributed by atoms with E-state index in [1.54, 1.807) is 32.9 Å². The first kappa shape index (κ1) is 19.7. The summed E-state index contributed by atoms with van der Waals surface area (Å²) in [6.45, 7) is 6.92. The van der Waals surface area contributed by atoms with Gasteiger partial charge in [-0.3, -0.25) is 4.18 Å². The molecule has 0 radical (unpaired) electrons. The molecule has 1 aromatic carbocycles. The lowest BCUT2D eigenvalue weighted by molar-refractivity contribution is -0.00892. The highest BCUT2D eigenvalue weighted by molar-refractivity contribution is 7.86. The number of likely N-dealkylation sites (tertiary alicyclic amines) is 1. The van der Waals surface area contributed by atoms with Crippen molar-refractivity contribution in [2.45, 2.75) is 56.9 Å². The third-order valence-corrected chi connectivity index (χ3v) is 5.04. The lowest BCUT2D eigenvalue weighted by Gasteiger charge is -2.35. The second-order valence-corrected chi connectivity index (χ2v) is 8.70. The number of alkyl halides is 1. The van der Waals surface area contributed by atoms with E-state index >= 15 is 0 Å². The van der Waals surface area contributed by atoms with Crippen molar-refractivity contribution in [3.8, 4) is 0 Å². The third kappa shape index (κ3) is 5.40. The predicted octanol–water partition coefficient (Wildman–Crippen LogP) is 3.05. The molecule has 1 aromatic rings. The Morgan fingerprint density at radius 1 is 1.24 bits per heavy atom. The number of ether oxygens (including phenoxy) is 1. The van der Waals surface area contributed by atoms with Crippen molar-refractivity contribution in [2.75, 3.05) is 13.1 Å². The number of nitrogens with zero attached hydrogens (tertiary/aromatic N) is 1. The van der Waals surface area contributed by atoms with E-state index in [1.807, 2.05) is 6.92 Å². The first-order valence-corrected chi connectivity index (χ1v) is 9.51. The van der Waals surface area contributed by atoms with Crippen LogP contribution in [-0.4, -0.2) is 50.4 Å². The standard InChI is InChI=1S/C17H24FNO5S/c1-12-5-7-13(8-6-12)25(21,22)24-15-9-10-19(11-14(15)18)16(20)23-17(2,3)4/h5-8,14-15H,9-11H2,1-4H3/t14-,15+/m1/s1. The molecular weight excluding hydrogens is 349 g/mol. The molecule has 140 valence electrons. The van der Waals surface area contributed by atoms with Crippen LogP contribution in [-0.2, 0) is 19.0 Å². The van der Waals surface area contributed by atoms with Gasteiger partial charge in [0.2, 0.25) is 0 Å². The molecule has 0 aromatic heterocycles. The lowest BCUT2D eigenvalue weighted by atomic mass is 10.1. The lowest BCUT2D eigenvalue weighted by Crippen LogP contribution is -2.49. The highest BCUT2D eigenvalue weighted by atomic mass is 32.2. The Balaban J connectivity index is 1.99. The zero-order valence-electron chi connectivity index (χ0n) is 14.9. The van der Waals surface area contributed by atoms with Gasteiger partial charge >= 0.3 is 6.09 Å². The monoisotopic (exact) mass is 373 g/mol. The van der Waals surface area contributed by atoms with Crippen LogP contribution in [0.15, 0.2) is 29.2 Å². The molecule has 0 bridgehead atoms. The van der Waals surface area contributed by atoms with Gasteiger partial charge in [0.15, 0.2) is 0 Å². The van der Waals surface area contributed by atoms with Gasteiger partial charge in [-0.1, -0.05) is 17.7 Å². The van der Waals surface area contributed by atoms with Gasteiger partial charge in [-0.2, -0.15) is 8.42 Å². The van der Waals surface area contributed by atoms with E-state index in [1.165, 1.54) is 17.0 Å². The smallest absolute Gasteiger partial charge is 0.410 e. The Labute approximate surface area is 148 Å². The van der Waals surface area contributed by atoms with Crippen LogP contribution in [0.5, 0.6) is 0 Å². The summed E-state index contributed by atoms with van der Waals surface area (Å²) in [6, 6.07) is 6.14. The number of hydrogen-bond acceptors (Lipinski definition) is 5. The molecule has 1 amide bonds. The van der Waals surface area contributed by atoms with Crippen molar-refractivity contribution in [2.24, 2.45) is 0 Å². The molecule has 1 aliphatic rings. The summed E-state index contributed by atoms with van der Waals surface area (Å²) in [7, 11) is -4.05. The normalized spacial score (nSPS) is 21.9. The minimum Gasteiger partial charge on any atom is -0.444 e. The van der Waals surface area contributed by atoms with Gasteiger partial charge < -0.3 is 9.64 Å². The molecule has 0 saturated carbocycles. The molecule has 2 atom stereocenters. The maximum Gasteiger partial charge on any atom is 0.410 e. The minimum atomic E-state index is -4.05. The average Bonchev–Trinajstić information content (AvgIpc) is 2.48.